The molecule has 5 heteroatoms. The van der Waals surface area contributed by atoms with Gasteiger partial charge in [-0.1, -0.05) is 34.0 Å². The van der Waals surface area contributed by atoms with Crippen molar-refractivity contribution in [1.82, 2.24) is 10.2 Å². The van der Waals surface area contributed by atoms with Crippen molar-refractivity contribution in [3.05, 3.63) is 33.3 Å². The highest BCUT2D eigenvalue weighted by Gasteiger charge is 2.20. The third kappa shape index (κ3) is 4.21. The monoisotopic (exact) mass is 358 g/mol. The zero-order valence-corrected chi connectivity index (χ0v) is 14.0. The second kappa shape index (κ2) is 7.43. The maximum absolute atomic E-state index is 12.6. The molecule has 3 nitrogen and oxygen atoms in total. The Hall–Kier alpha value is -0.580. The van der Waals surface area contributed by atoms with E-state index in [4.69, 9.17) is 11.6 Å². The van der Waals surface area contributed by atoms with Gasteiger partial charge in [0.1, 0.15) is 0 Å². The van der Waals surface area contributed by atoms with Gasteiger partial charge in [-0.25, -0.2) is 0 Å². The van der Waals surface area contributed by atoms with E-state index in [1.165, 1.54) is 12.8 Å². The lowest BCUT2D eigenvalue weighted by Gasteiger charge is -2.30. The Kier molecular flexibility index (Phi) is 5.87. The molecule has 20 heavy (non-hydrogen) atoms. The molecule has 1 N–H and O–H groups in total. The molecule has 1 aromatic rings. The number of amides is 1. The second-order valence-electron chi connectivity index (χ2n) is 5.15. The Balaban J connectivity index is 2.07. The second-order valence-corrected chi connectivity index (χ2v) is 6.50. The fourth-order valence-electron chi connectivity index (χ4n) is 2.56. The first-order chi connectivity index (χ1) is 9.60. The number of carbonyl (C=O) groups excluding carboxylic acids is 1. The smallest absolute Gasteiger partial charge is 0.253 e. The van der Waals surface area contributed by atoms with E-state index in [0.29, 0.717) is 23.2 Å². The minimum absolute atomic E-state index is 0.0445. The molecular weight excluding hydrogens is 340 g/mol. The Bertz CT molecular complexity index is 455. The SMILES string of the molecule is CCN(CC1CCCCN1)C(=O)c1cc(Cl)cc(Br)c1. The van der Waals surface area contributed by atoms with Crippen LogP contribution in [0.4, 0.5) is 0 Å². The van der Waals surface area contributed by atoms with Gasteiger partial charge in [0.15, 0.2) is 0 Å². The summed E-state index contributed by atoms with van der Waals surface area (Å²) in [5.41, 5.74) is 0.641. The Morgan fingerprint density at radius 2 is 2.25 bits per heavy atom. The lowest BCUT2D eigenvalue weighted by Crippen LogP contribution is -2.45. The van der Waals surface area contributed by atoms with E-state index in [1.54, 1.807) is 12.1 Å². The number of benzene rings is 1. The molecule has 1 heterocycles. The number of hydrogen-bond donors (Lipinski definition) is 1. The van der Waals surface area contributed by atoms with E-state index in [9.17, 15) is 4.79 Å². The van der Waals surface area contributed by atoms with Crippen molar-refractivity contribution >= 4 is 33.4 Å². The molecule has 0 bridgehead atoms. The van der Waals surface area contributed by atoms with Gasteiger partial charge in [0.2, 0.25) is 0 Å². The number of nitrogens with zero attached hydrogens (tertiary/aromatic N) is 1. The summed E-state index contributed by atoms with van der Waals surface area (Å²) in [5, 5.41) is 4.06. The van der Waals surface area contributed by atoms with Gasteiger partial charge in [0.25, 0.3) is 5.91 Å². The van der Waals surface area contributed by atoms with Crippen LogP contribution in [0.3, 0.4) is 0 Å². The molecule has 1 unspecified atom stereocenters. The average molecular weight is 360 g/mol. The minimum atomic E-state index is 0.0445. The highest BCUT2D eigenvalue weighted by Crippen LogP contribution is 2.21. The average Bonchev–Trinajstić information content (AvgIpc) is 2.44. The Morgan fingerprint density at radius 1 is 1.45 bits per heavy atom. The molecule has 1 aliphatic heterocycles. The lowest BCUT2D eigenvalue weighted by molar-refractivity contribution is 0.0741. The van der Waals surface area contributed by atoms with Crippen molar-refractivity contribution < 1.29 is 4.79 Å². The maximum atomic E-state index is 12.6. The number of likely N-dealkylation sites (N-methyl/N-ethyl adjacent to an activating group) is 1. The van der Waals surface area contributed by atoms with E-state index >= 15 is 0 Å². The number of carbonyl (C=O) groups is 1. The van der Waals surface area contributed by atoms with E-state index in [-0.39, 0.29) is 5.91 Å². The maximum Gasteiger partial charge on any atom is 0.253 e. The van der Waals surface area contributed by atoms with Crippen molar-refractivity contribution in [2.45, 2.75) is 32.2 Å². The molecule has 2 rings (SSSR count). The molecule has 110 valence electrons. The van der Waals surface area contributed by atoms with Gasteiger partial charge in [-0.05, 0) is 44.5 Å². The van der Waals surface area contributed by atoms with Gasteiger partial charge in [-0.15, -0.1) is 0 Å². The van der Waals surface area contributed by atoms with Crippen LogP contribution < -0.4 is 5.32 Å². The molecule has 1 atom stereocenters. The number of hydrogen-bond acceptors (Lipinski definition) is 2. The van der Waals surface area contributed by atoms with Gasteiger partial charge >= 0.3 is 0 Å². The van der Waals surface area contributed by atoms with E-state index in [1.807, 2.05) is 17.9 Å². The van der Waals surface area contributed by atoms with Crippen LogP contribution in [0.15, 0.2) is 22.7 Å². The predicted molar refractivity (Wildman–Crippen MR) is 86.4 cm³/mol. The van der Waals surface area contributed by atoms with Gasteiger partial charge in [0, 0.05) is 34.2 Å². The van der Waals surface area contributed by atoms with Crippen molar-refractivity contribution in [3.63, 3.8) is 0 Å². The number of nitrogens with one attached hydrogen (secondary N) is 1. The largest absolute Gasteiger partial charge is 0.337 e. The zero-order chi connectivity index (χ0) is 14.5. The topological polar surface area (TPSA) is 32.3 Å². The molecule has 1 fully saturated rings. The standard InChI is InChI=1S/C15H20BrClN2O/c1-2-19(10-14-5-3-4-6-18-14)15(20)11-7-12(16)9-13(17)8-11/h7-9,14,18H,2-6,10H2,1H3. The van der Waals surface area contributed by atoms with E-state index < -0.39 is 0 Å². The molecule has 1 aliphatic rings. The summed E-state index contributed by atoms with van der Waals surface area (Å²) < 4.78 is 0.834. The van der Waals surface area contributed by atoms with Crippen molar-refractivity contribution in [1.29, 1.82) is 0 Å². The van der Waals surface area contributed by atoms with Crippen LogP contribution in [0.2, 0.25) is 5.02 Å². The highest BCUT2D eigenvalue weighted by molar-refractivity contribution is 9.10. The van der Waals surface area contributed by atoms with Gasteiger partial charge in [-0.3, -0.25) is 4.79 Å². The van der Waals surface area contributed by atoms with E-state index in [2.05, 4.69) is 21.2 Å². The molecule has 0 radical (unpaired) electrons. The molecular formula is C15H20BrClN2O. The molecule has 0 saturated carbocycles. The summed E-state index contributed by atoms with van der Waals surface area (Å²) >= 11 is 9.40. The molecule has 0 spiro atoms. The molecule has 1 amide bonds. The normalized spacial score (nSPS) is 18.9. The Morgan fingerprint density at radius 3 is 2.85 bits per heavy atom. The number of rotatable bonds is 4. The van der Waals surface area contributed by atoms with Crippen LogP contribution in [-0.2, 0) is 0 Å². The van der Waals surface area contributed by atoms with Crippen LogP contribution in [0, 0.1) is 0 Å². The number of piperidine rings is 1. The highest BCUT2D eigenvalue weighted by atomic mass is 79.9. The summed E-state index contributed by atoms with van der Waals surface area (Å²) in [6.45, 7) is 4.54. The van der Waals surface area contributed by atoms with Gasteiger partial charge < -0.3 is 10.2 Å². The number of halogens is 2. The summed E-state index contributed by atoms with van der Waals surface area (Å²) in [6, 6.07) is 5.75. The zero-order valence-electron chi connectivity index (χ0n) is 11.7. The van der Waals surface area contributed by atoms with Crippen LogP contribution in [0.25, 0.3) is 0 Å². The first-order valence-electron chi connectivity index (χ1n) is 7.09. The Labute approximate surface area is 133 Å². The lowest BCUT2D eigenvalue weighted by atomic mass is 10.0. The van der Waals surface area contributed by atoms with Crippen LogP contribution in [0.5, 0.6) is 0 Å². The predicted octanol–water partition coefficient (Wildman–Crippen LogP) is 3.71. The molecule has 1 saturated heterocycles. The quantitative estimate of drug-likeness (QED) is 0.889. The van der Waals surface area contributed by atoms with E-state index in [0.717, 1.165) is 24.0 Å². The fraction of sp³-hybridized carbons (Fsp3) is 0.533. The summed E-state index contributed by atoms with van der Waals surface area (Å²) in [4.78, 5) is 14.5. The summed E-state index contributed by atoms with van der Waals surface area (Å²) in [7, 11) is 0. The minimum Gasteiger partial charge on any atom is -0.337 e. The summed E-state index contributed by atoms with van der Waals surface area (Å²) in [5.74, 6) is 0.0445. The third-order valence-corrected chi connectivity index (χ3v) is 4.31. The van der Waals surface area contributed by atoms with Crippen LogP contribution >= 0.6 is 27.5 Å². The molecule has 0 aliphatic carbocycles. The van der Waals surface area contributed by atoms with Crippen molar-refractivity contribution in [2.75, 3.05) is 19.6 Å². The molecule has 0 aromatic heterocycles. The van der Waals surface area contributed by atoms with Crippen LogP contribution in [0.1, 0.15) is 36.5 Å². The first-order valence-corrected chi connectivity index (χ1v) is 8.26. The van der Waals surface area contributed by atoms with Crippen molar-refractivity contribution in [2.24, 2.45) is 0 Å². The van der Waals surface area contributed by atoms with Crippen LogP contribution in [-0.4, -0.2) is 36.5 Å². The fourth-order valence-corrected chi connectivity index (χ4v) is 3.42. The van der Waals surface area contributed by atoms with Gasteiger partial charge in [0.05, 0.1) is 0 Å². The molecule has 1 aromatic carbocycles. The third-order valence-electron chi connectivity index (χ3n) is 3.63. The van der Waals surface area contributed by atoms with Gasteiger partial charge in [-0.2, -0.15) is 0 Å². The first kappa shape index (κ1) is 15.8. The van der Waals surface area contributed by atoms with Crippen molar-refractivity contribution in [3.8, 4) is 0 Å². The summed E-state index contributed by atoms with van der Waals surface area (Å²) in [6.07, 6.45) is 3.62.